The van der Waals surface area contributed by atoms with E-state index in [0.29, 0.717) is 19.8 Å². The van der Waals surface area contributed by atoms with Gasteiger partial charge in [0.2, 0.25) is 0 Å². The van der Waals surface area contributed by atoms with Crippen molar-refractivity contribution in [3.05, 3.63) is 11.5 Å². The Hall–Kier alpha value is -0.355. The topological polar surface area (TPSA) is 36.9 Å². The zero-order chi connectivity index (χ0) is 14.6. The molecule has 1 heterocycles. The number of ether oxygens (including phenoxy) is 2. The van der Waals surface area contributed by atoms with Gasteiger partial charge in [-0.2, -0.15) is 0 Å². The molecule has 0 radical (unpaired) electrons. The normalized spacial score (nSPS) is 22.1. The van der Waals surface area contributed by atoms with Crippen molar-refractivity contribution in [3.63, 3.8) is 0 Å². The van der Waals surface area contributed by atoms with E-state index in [0.717, 1.165) is 25.7 Å². The van der Waals surface area contributed by atoms with Gasteiger partial charge in [-0.3, -0.25) is 0 Å². The van der Waals surface area contributed by atoms with Gasteiger partial charge in [0.05, 0.1) is 13.2 Å². The molecule has 5 heteroatoms. The summed E-state index contributed by atoms with van der Waals surface area (Å²) in [6.45, 7) is 10.4. The minimum atomic E-state index is -0.374. The van der Waals surface area contributed by atoms with E-state index >= 15 is 0 Å². The maximum atomic E-state index is 6.15. The van der Waals surface area contributed by atoms with Gasteiger partial charge in [-0.25, -0.2) is 0 Å². The molecule has 1 fully saturated rings. The van der Waals surface area contributed by atoms with Crippen molar-refractivity contribution >= 4 is 7.12 Å². The minimum absolute atomic E-state index is 0.170. The average Bonchev–Trinajstić information content (AvgIpc) is 2.87. The fourth-order valence-corrected chi connectivity index (χ4v) is 2.54. The van der Waals surface area contributed by atoms with Crippen LogP contribution < -0.4 is 0 Å². The van der Waals surface area contributed by atoms with E-state index < -0.39 is 0 Å². The molecule has 0 aromatic carbocycles. The molecule has 0 saturated carbocycles. The Bertz CT molecular complexity index is 348. The molecule has 2 aliphatic rings. The van der Waals surface area contributed by atoms with Crippen LogP contribution in [0, 0.1) is 0 Å². The van der Waals surface area contributed by atoms with Gasteiger partial charge in [-0.05, 0) is 39.1 Å². The van der Waals surface area contributed by atoms with Crippen LogP contribution in [0.5, 0.6) is 0 Å². The molecule has 2 rings (SSSR count). The lowest BCUT2D eigenvalue weighted by Gasteiger charge is -2.34. The van der Waals surface area contributed by atoms with Crippen molar-refractivity contribution in [1.29, 1.82) is 0 Å². The van der Waals surface area contributed by atoms with Gasteiger partial charge in [0.25, 0.3) is 0 Å². The first-order valence-corrected chi connectivity index (χ1v) is 7.76. The molecule has 0 N–H and O–H groups in total. The maximum Gasteiger partial charge on any atom is 0.489 e. The van der Waals surface area contributed by atoms with Gasteiger partial charge in [0.15, 0.2) is 5.79 Å². The summed E-state index contributed by atoms with van der Waals surface area (Å²) in [6.07, 6.45) is 5.73. The smallest absolute Gasteiger partial charge is 0.408 e. The summed E-state index contributed by atoms with van der Waals surface area (Å²) in [6, 6.07) is 0. The Kier molecular flexibility index (Phi) is 5.29. The van der Waals surface area contributed by atoms with Crippen molar-refractivity contribution in [2.45, 2.75) is 64.8 Å². The lowest BCUT2D eigenvalue weighted by atomic mass is 9.70. The molecule has 1 saturated heterocycles. The highest BCUT2D eigenvalue weighted by atomic mass is 16.7. The Balaban J connectivity index is 2.01. The average molecular weight is 282 g/mol. The van der Waals surface area contributed by atoms with E-state index in [9.17, 15) is 0 Å². The third-order valence-corrected chi connectivity index (χ3v) is 4.18. The number of hydrogen-bond acceptors (Lipinski definition) is 4. The van der Waals surface area contributed by atoms with Gasteiger partial charge in [-0.1, -0.05) is 13.0 Å². The molecule has 1 spiro atoms. The summed E-state index contributed by atoms with van der Waals surface area (Å²) in [5.41, 5.74) is 1.05. The van der Waals surface area contributed by atoms with Crippen LogP contribution in [0.25, 0.3) is 0 Å². The second-order valence-electron chi connectivity index (χ2n) is 6.11. The summed E-state index contributed by atoms with van der Waals surface area (Å²) in [7, 11) is -0.242. The molecule has 114 valence electrons. The maximum absolute atomic E-state index is 6.15. The highest BCUT2D eigenvalue weighted by Gasteiger charge is 2.41. The second kappa shape index (κ2) is 6.61. The summed E-state index contributed by atoms with van der Waals surface area (Å²) in [5, 5.41) is 0. The van der Waals surface area contributed by atoms with Crippen molar-refractivity contribution in [3.8, 4) is 0 Å². The minimum Gasteiger partial charge on any atom is -0.408 e. The predicted octanol–water partition coefficient (Wildman–Crippen LogP) is 3.11. The summed E-state index contributed by atoms with van der Waals surface area (Å²) in [5.74, 6) is -0.374. The molecule has 1 aliphatic heterocycles. The Morgan fingerprint density at radius 2 is 2.00 bits per heavy atom. The Morgan fingerprint density at radius 3 is 2.50 bits per heavy atom. The summed E-state index contributed by atoms with van der Waals surface area (Å²) >= 11 is 0. The fraction of sp³-hybridized carbons (Fsp3) is 0.867. The van der Waals surface area contributed by atoms with E-state index in [1.165, 1.54) is 5.47 Å². The van der Waals surface area contributed by atoms with E-state index in [-0.39, 0.29) is 18.5 Å². The van der Waals surface area contributed by atoms with Crippen LogP contribution in [-0.4, -0.2) is 38.3 Å². The molecular formula is C15H27BO4. The number of hydrogen-bond donors (Lipinski definition) is 0. The molecule has 0 aromatic heterocycles. The molecule has 1 aliphatic carbocycles. The van der Waals surface area contributed by atoms with Crippen molar-refractivity contribution in [2.24, 2.45) is 0 Å². The van der Waals surface area contributed by atoms with E-state index in [1.807, 2.05) is 6.92 Å². The Morgan fingerprint density at radius 1 is 1.30 bits per heavy atom. The third kappa shape index (κ3) is 3.85. The molecular weight excluding hydrogens is 255 g/mol. The lowest BCUT2D eigenvalue weighted by molar-refractivity contribution is -0.161. The van der Waals surface area contributed by atoms with E-state index in [1.54, 1.807) is 0 Å². The van der Waals surface area contributed by atoms with Crippen LogP contribution in [0.2, 0.25) is 0 Å². The molecule has 0 atom stereocenters. The van der Waals surface area contributed by atoms with Crippen molar-refractivity contribution in [2.75, 3.05) is 19.8 Å². The van der Waals surface area contributed by atoms with Crippen molar-refractivity contribution in [1.82, 2.24) is 0 Å². The van der Waals surface area contributed by atoms with Crippen LogP contribution in [0.1, 0.15) is 53.4 Å². The van der Waals surface area contributed by atoms with Gasteiger partial charge < -0.3 is 18.8 Å². The molecule has 0 aromatic rings. The van der Waals surface area contributed by atoms with Crippen molar-refractivity contribution < 1.29 is 18.8 Å². The standard InChI is InChI=1S/C15H27BO4/c1-5-14(3,4)20-16(19-6-2)13-7-9-15(10-8-13)17-11-12-18-15/h7H,5-6,8-12H2,1-4H3. The zero-order valence-electron chi connectivity index (χ0n) is 13.2. The first-order valence-electron chi connectivity index (χ1n) is 7.76. The largest absolute Gasteiger partial charge is 0.489 e. The quantitative estimate of drug-likeness (QED) is 0.701. The SMILES string of the molecule is CCOB(OC(C)(C)CC)C1=CCC2(CC1)OCCO2. The number of allylic oxidation sites excluding steroid dienone is 1. The molecule has 0 bridgehead atoms. The van der Waals surface area contributed by atoms with Crippen LogP contribution >= 0.6 is 0 Å². The third-order valence-electron chi connectivity index (χ3n) is 4.18. The lowest BCUT2D eigenvalue weighted by Crippen LogP contribution is -2.40. The van der Waals surface area contributed by atoms with Crippen LogP contribution in [-0.2, 0) is 18.8 Å². The monoisotopic (exact) mass is 282 g/mol. The Labute approximate surface area is 122 Å². The second-order valence-corrected chi connectivity index (χ2v) is 6.11. The first kappa shape index (κ1) is 16.0. The van der Waals surface area contributed by atoms with E-state index in [4.69, 9.17) is 18.8 Å². The van der Waals surface area contributed by atoms with E-state index in [2.05, 4.69) is 26.8 Å². The van der Waals surface area contributed by atoms with Gasteiger partial charge in [0.1, 0.15) is 0 Å². The van der Waals surface area contributed by atoms with Gasteiger partial charge in [0, 0.05) is 25.0 Å². The summed E-state index contributed by atoms with van der Waals surface area (Å²) < 4.78 is 23.4. The molecule has 4 nitrogen and oxygen atoms in total. The number of rotatable bonds is 6. The molecule has 0 amide bonds. The van der Waals surface area contributed by atoms with Crippen LogP contribution in [0.15, 0.2) is 11.5 Å². The van der Waals surface area contributed by atoms with Crippen LogP contribution in [0.4, 0.5) is 0 Å². The molecule has 20 heavy (non-hydrogen) atoms. The predicted molar refractivity (Wildman–Crippen MR) is 79.4 cm³/mol. The molecule has 0 unspecified atom stereocenters. The zero-order valence-corrected chi connectivity index (χ0v) is 13.2. The highest BCUT2D eigenvalue weighted by molar-refractivity contribution is 6.53. The van der Waals surface area contributed by atoms with Gasteiger partial charge in [-0.15, -0.1) is 0 Å². The first-order chi connectivity index (χ1) is 9.50. The fourth-order valence-electron chi connectivity index (χ4n) is 2.54. The highest BCUT2D eigenvalue weighted by Crippen LogP contribution is 2.36. The summed E-state index contributed by atoms with van der Waals surface area (Å²) in [4.78, 5) is 0. The van der Waals surface area contributed by atoms with Gasteiger partial charge >= 0.3 is 7.12 Å². The van der Waals surface area contributed by atoms with Crippen LogP contribution in [0.3, 0.4) is 0 Å².